The van der Waals surface area contributed by atoms with Crippen LogP contribution in [0.15, 0.2) is 59.3 Å². The number of thiophene rings is 8. The average Bonchev–Trinajstić information content (AvgIpc) is 4.09. The molecule has 0 bridgehead atoms. The molecule has 318 valence electrons. The van der Waals surface area contributed by atoms with Crippen LogP contribution < -0.4 is 0 Å². The third kappa shape index (κ3) is 10.7. The molecule has 0 aliphatic rings. The Labute approximate surface area is 392 Å². The molecule has 0 saturated carbocycles. The van der Waals surface area contributed by atoms with Crippen LogP contribution in [0.25, 0.3) is 67.6 Å². The first-order valence-corrected chi connectivity index (χ1v) is 29.7. The van der Waals surface area contributed by atoms with Gasteiger partial charge in [0.05, 0.1) is 0 Å². The molecule has 0 radical (unpaired) electrons. The van der Waals surface area contributed by atoms with E-state index in [9.17, 15) is 0 Å². The van der Waals surface area contributed by atoms with Gasteiger partial charge in [-0.3, -0.25) is 0 Å². The second kappa shape index (κ2) is 22.2. The lowest BCUT2D eigenvalue weighted by molar-refractivity contribution is 0.668. The number of hydrogen-bond donors (Lipinski definition) is 0. The first-order chi connectivity index (χ1) is 29.6. The van der Waals surface area contributed by atoms with Crippen molar-refractivity contribution in [2.24, 2.45) is 0 Å². The minimum atomic E-state index is 1.18. The van der Waals surface area contributed by atoms with E-state index in [1.54, 1.807) is 22.3 Å². The summed E-state index contributed by atoms with van der Waals surface area (Å²) in [6.45, 7) is 9.26. The van der Waals surface area contributed by atoms with E-state index in [0.717, 1.165) is 0 Å². The fourth-order valence-electron chi connectivity index (χ4n) is 8.47. The molecule has 8 rings (SSSR count). The first-order valence-electron chi connectivity index (χ1n) is 23.0. The molecule has 8 aromatic rings. The zero-order chi connectivity index (χ0) is 41.3. The highest BCUT2D eigenvalue weighted by Crippen LogP contribution is 2.51. The highest BCUT2D eigenvalue weighted by molar-refractivity contribution is 7.35. The number of fused-ring (bicyclic) bond motifs is 2. The summed E-state index contributed by atoms with van der Waals surface area (Å²) < 4.78 is 5.83. The Morgan fingerprint density at radius 2 is 0.617 bits per heavy atom. The molecule has 0 fully saturated rings. The van der Waals surface area contributed by atoms with Crippen LogP contribution in [0.4, 0.5) is 0 Å². The summed E-state index contributed by atoms with van der Waals surface area (Å²) >= 11 is 16.1. The molecule has 8 heteroatoms. The number of aryl methyl sites for hydroxylation is 4. The van der Waals surface area contributed by atoms with Gasteiger partial charge in [-0.25, -0.2) is 0 Å². The quantitative estimate of drug-likeness (QED) is 0.0501. The van der Waals surface area contributed by atoms with Gasteiger partial charge in [-0.1, -0.05) is 105 Å². The van der Waals surface area contributed by atoms with Crippen LogP contribution in [0.2, 0.25) is 0 Å². The molecular weight excluding hydrogens is 881 g/mol. The summed E-state index contributed by atoms with van der Waals surface area (Å²) in [6, 6.07) is 20.0. The van der Waals surface area contributed by atoms with E-state index in [4.69, 9.17) is 0 Å². The predicted octanol–water partition coefficient (Wildman–Crippen LogP) is 21.3. The summed E-state index contributed by atoms with van der Waals surface area (Å²) in [4.78, 5) is 14.9. The maximum Gasteiger partial charge on any atom is 0.0482 e. The molecule has 0 aromatic carbocycles. The molecule has 0 saturated heterocycles. The first kappa shape index (κ1) is 44.7. The third-order valence-corrected chi connectivity index (χ3v) is 21.6. The standard InChI is InChI=1S/C52H62S8/c1-5-9-13-17-21-35-25-27-53-49(35)45-31-41-43(55-45)33-47(57-41)51-37(23-19-15-11-7-3)29-39(59-51)40-30-38(24-20-16-12-8-4)52(60-40)48-34-44-42(58-48)32-46(56-44)50-36(26-28-54-50)22-18-14-10-6-2/h25-34H,5-24H2,1-4H3. The lowest BCUT2D eigenvalue weighted by Gasteiger charge is -2.02. The Kier molecular flexibility index (Phi) is 16.5. The summed E-state index contributed by atoms with van der Waals surface area (Å²) in [6.07, 6.45) is 25.8. The van der Waals surface area contributed by atoms with Crippen LogP contribution in [-0.4, -0.2) is 0 Å². The van der Waals surface area contributed by atoms with Crippen LogP contribution >= 0.6 is 90.7 Å². The van der Waals surface area contributed by atoms with Crippen molar-refractivity contribution in [3.8, 4) is 48.8 Å². The molecule has 0 nitrogen and oxygen atoms in total. The van der Waals surface area contributed by atoms with Gasteiger partial charge in [-0.05, 0) is 133 Å². The normalized spacial score (nSPS) is 12.0. The number of rotatable bonds is 25. The average molecular weight is 944 g/mol. The Morgan fingerprint density at radius 3 is 0.950 bits per heavy atom. The van der Waals surface area contributed by atoms with Crippen molar-refractivity contribution >= 4 is 109 Å². The lowest BCUT2D eigenvalue weighted by atomic mass is 10.0. The van der Waals surface area contributed by atoms with Crippen LogP contribution in [-0.2, 0) is 25.7 Å². The summed E-state index contributed by atoms with van der Waals surface area (Å²) in [5, 5.41) is 4.62. The van der Waals surface area contributed by atoms with Gasteiger partial charge >= 0.3 is 0 Å². The van der Waals surface area contributed by atoms with E-state index < -0.39 is 0 Å². The van der Waals surface area contributed by atoms with Crippen molar-refractivity contribution in [3.05, 3.63) is 81.5 Å². The van der Waals surface area contributed by atoms with Crippen molar-refractivity contribution in [2.45, 2.75) is 156 Å². The Morgan fingerprint density at radius 1 is 0.300 bits per heavy atom. The molecule has 0 unspecified atom stereocenters. The van der Waals surface area contributed by atoms with Gasteiger partial charge in [0.1, 0.15) is 0 Å². The Balaban J connectivity index is 1.08. The summed E-state index contributed by atoms with van der Waals surface area (Å²) in [7, 11) is 0. The zero-order valence-corrected chi connectivity index (χ0v) is 42.7. The molecule has 0 amide bonds. The number of hydrogen-bond acceptors (Lipinski definition) is 8. The maximum absolute atomic E-state index is 2.60. The van der Waals surface area contributed by atoms with E-state index in [2.05, 4.69) is 110 Å². The summed E-state index contributed by atoms with van der Waals surface area (Å²) in [5.74, 6) is 0. The minimum absolute atomic E-state index is 1.18. The molecule has 60 heavy (non-hydrogen) atoms. The molecule has 0 spiro atoms. The number of unbranched alkanes of at least 4 members (excludes halogenated alkanes) is 12. The fraction of sp³-hybridized carbons (Fsp3) is 0.462. The molecule has 0 aliphatic heterocycles. The molecule has 0 aliphatic carbocycles. The van der Waals surface area contributed by atoms with Gasteiger partial charge in [0.15, 0.2) is 0 Å². The minimum Gasteiger partial charge on any atom is -0.143 e. The molecule has 0 atom stereocenters. The van der Waals surface area contributed by atoms with E-state index >= 15 is 0 Å². The van der Waals surface area contributed by atoms with Crippen molar-refractivity contribution < 1.29 is 0 Å². The predicted molar refractivity (Wildman–Crippen MR) is 283 cm³/mol. The van der Waals surface area contributed by atoms with Crippen LogP contribution in [0.3, 0.4) is 0 Å². The maximum atomic E-state index is 2.60. The van der Waals surface area contributed by atoms with Crippen LogP contribution in [0.1, 0.15) is 153 Å². The lowest BCUT2D eigenvalue weighted by Crippen LogP contribution is -1.85. The summed E-state index contributed by atoms with van der Waals surface area (Å²) in [5.41, 5.74) is 6.23. The van der Waals surface area contributed by atoms with Crippen molar-refractivity contribution in [1.29, 1.82) is 0 Å². The molecular formula is C52H62S8. The zero-order valence-electron chi connectivity index (χ0n) is 36.2. The largest absolute Gasteiger partial charge is 0.143 e. The van der Waals surface area contributed by atoms with Crippen molar-refractivity contribution in [2.75, 3.05) is 0 Å². The second-order valence-electron chi connectivity index (χ2n) is 16.6. The van der Waals surface area contributed by atoms with Gasteiger partial charge in [0.2, 0.25) is 0 Å². The highest BCUT2D eigenvalue weighted by atomic mass is 32.1. The van der Waals surface area contributed by atoms with Gasteiger partial charge in [0.25, 0.3) is 0 Å². The van der Waals surface area contributed by atoms with Crippen LogP contribution in [0, 0.1) is 0 Å². The highest BCUT2D eigenvalue weighted by Gasteiger charge is 2.22. The van der Waals surface area contributed by atoms with Gasteiger partial charge < -0.3 is 0 Å². The van der Waals surface area contributed by atoms with E-state index in [-0.39, 0.29) is 0 Å². The fourth-order valence-corrected chi connectivity index (χ4v) is 18.3. The van der Waals surface area contributed by atoms with E-state index in [1.807, 2.05) is 68.0 Å². The topological polar surface area (TPSA) is 0 Å². The van der Waals surface area contributed by atoms with Gasteiger partial charge in [-0.2, -0.15) is 0 Å². The van der Waals surface area contributed by atoms with Gasteiger partial charge in [-0.15, -0.1) is 90.7 Å². The Bertz CT molecular complexity index is 2290. The third-order valence-electron chi connectivity index (χ3n) is 11.9. The SMILES string of the molecule is CCCCCCc1ccsc1-c1cc2sc(-c3sc(-c4cc(CCCCCC)c(-c5cc6sc(-c7sccc7CCCCCC)cc6s5)s4)cc3CCCCCC)cc2s1. The second-order valence-corrected chi connectivity index (χ2v) is 24.9. The Hall–Kier alpha value is -1.88. The molecule has 8 aromatic heterocycles. The van der Waals surface area contributed by atoms with Gasteiger partial charge in [0, 0.05) is 67.6 Å². The molecule has 0 N–H and O–H groups in total. The monoisotopic (exact) mass is 942 g/mol. The van der Waals surface area contributed by atoms with E-state index in [0.29, 0.717) is 0 Å². The van der Waals surface area contributed by atoms with E-state index in [1.165, 1.54) is 196 Å². The van der Waals surface area contributed by atoms with Crippen molar-refractivity contribution in [1.82, 2.24) is 0 Å². The molecule has 8 heterocycles. The van der Waals surface area contributed by atoms with Crippen molar-refractivity contribution in [3.63, 3.8) is 0 Å². The van der Waals surface area contributed by atoms with Crippen LogP contribution in [0.5, 0.6) is 0 Å². The smallest absolute Gasteiger partial charge is 0.0482 e.